The van der Waals surface area contributed by atoms with Gasteiger partial charge in [-0.3, -0.25) is 4.90 Å². The van der Waals surface area contributed by atoms with E-state index in [1.54, 1.807) is 7.11 Å². The van der Waals surface area contributed by atoms with Crippen molar-refractivity contribution in [1.82, 2.24) is 10.2 Å². The summed E-state index contributed by atoms with van der Waals surface area (Å²) < 4.78 is 10.7. The molecule has 0 aliphatic carbocycles. The maximum atomic E-state index is 5.65. The van der Waals surface area contributed by atoms with Crippen LogP contribution < -0.4 is 5.32 Å². The van der Waals surface area contributed by atoms with E-state index in [-0.39, 0.29) is 0 Å². The minimum absolute atomic E-state index is 0.302. The highest BCUT2D eigenvalue weighted by molar-refractivity contribution is 4.96. The molecule has 4 nitrogen and oxygen atoms in total. The summed E-state index contributed by atoms with van der Waals surface area (Å²) in [6.45, 7) is 12.4. The highest BCUT2D eigenvalue weighted by Crippen LogP contribution is 2.24. The molecule has 1 saturated heterocycles. The quantitative estimate of drug-likeness (QED) is 0.625. The molecule has 20 heavy (non-hydrogen) atoms. The Morgan fingerprint density at radius 2 is 1.90 bits per heavy atom. The van der Waals surface area contributed by atoms with Gasteiger partial charge >= 0.3 is 0 Å². The van der Waals surface area contributed by atoms with Crippen LogP contribution >= 0.6 is 0 Å². The first kappa shape index (κ1) is 17.9. The Kier molecular flexibility index (Phi) is 8.69. The van der Waals surface area contributed by atoms with Gasteiger partial charge in [0.1, 0.15) is 0 Å². The molecular weight excluding hydrogens is 252 g/mol. The smallest absolute Gasteiger partial charge is 0.0700 e. The van der Waals surface area contributed by atoms with Crippen LogP contribution in [0.5, 0.6) is 0 Å². The van der Waals surface area contributed by atoms with Crippen molar-refractivity contribution < 1.29 is 9.47 Å². The van der Waals surface area contributed by atoms with Gasteiger partial charge in [-0.25, -0.2) is 0 Å². The molecule has 1 unspecified atom stereocenters. The Hall–Kier alpha value is -0.160. The Labute approximate surface area is 125 Å². The number of hydrogen-bond acceptors (Lipinski definition) is 4. The lowest BCUT2D eigenvalue weighted by Gasteiger charge is -2.47. The van der Waals surface area contributed by atoms with Crippen molar-refractivity contribution in [2.45, 2.75) is 58.0 Å². The van der Waals surface area contributed by atoms with Crippen LogP contribution in [0.3, 0.4) is 0 Å². The molecule has 1 N–H and O–H groups in total. The molecule has 0 spiro atoms. The van der Waals surface area contributed by atoms with Crippen LogP contribution in [0.2, 0.25) is 0 Å². The molecule has 0 bridgehead atoms. The molecule has 1 aliphatic rings. The van der Waals surface area contributed by atoms with Crippen molar-refractivity contribution >= 4 is 0 Å². The van der Waals surface area contributed by atoms with Crippen molar-refractivity contribution in [1.29, 1.82) is 0 Å². The third-order valence-electron chi connectivity index (χ3n) is 4.66. The molecule has 0 aromatic carbocycles. The first-order chi connectivity index (χ1) is 9.71. The molecule has 120 valence electrons. The van der Waals surface area contributed by atoms with Gasteiger partial charge in [0.2, 0.25) is 0 Å². The molecule has 0 aromatic heterocycles. The van der Waals surface area contributed by atoms with Crippen molar-refractivity contribution in [3.8, 4) is 0 Å². The van der Waals surface area contributed by atoms with Gasteiger partial charge in [0.15, 0.2) is 0 Å². The van der Waals surface area contributed by atoms with Crippen molar-refractivity contribution in [3.05, 3.63) is 0 Å². The third kappa shape index (κ3) is 5.32. The monoisotopic (exact) mass is 286 g/mol. The van der Waals surface area contributed by atoms with E-state index in [2.05, 4.69) is 31.0 Å². The summed E-state index contributed by atoms with van der Waals surface area (Å²) in [5.41, 5.74) is 0.302. The van der Waals surface area contributed by atoms with E-state index in [0.717, 1.165) is 26.2 Å². The zero-order chi connectivity index (χ0) is 14.8. The van der Waals surface area contributed by atoms with Crippen molar-refractivity contribution in [3.63, 3.8) is 0 Å². The van der Waals surface area contributed by atoms with E-state index in [4.69, 9.17) is 9.47 Å². The van der Waals surface area contributed by atoms with Gasteiger partial charge in [-0.05, 0) is 19.3 Å². The molecule has 0 aromatic rings. The molecule has 4 heteroatoms. The van der Waals surface area contributed by atoms with Crippen molar-refractivity contribution in [2.75, 3.05) is 46.6 Å². The molecule has 1 rings (SSSR count). The number of rotatable bonds is 10. The lowest BCUT2D eigenvalue weighted by atomic mass is 9.88. The van der Waals surface area contributed by atoms with Gasteiger partial charge < -0.3 is 14.8 Å². The van der Waals surface area contributed by atoms with Crippen LogP contribution in [0.15, 0.2) is 0 Å². The Balaban J connectivity index is 2.46. The minimum Gasteiger partial charge on any atom is -0.382 e. The number of hydrogen-bond donors (Lipinski definition) is 1. The van der Waals surface area contributed by atoms with Crippen LogP contribution in [0.1, 0.15) is 46.5 Å². The van der Waals surface area contributed by atoms with Gasteiger partial charge in [-0.15, -0.1) is 0 Å². The van der Waals surface area contributed by atoms with E-state index in [0.29, 0.717) is 24.8 Å². The lowest BCUT2D eigenvalue weighted by molar-refractivity contribution is 0.0207. The van der Waals surface area contributed by atoms with Crippen LogP contribution in [0.4, 0.5) is 0 Å². The Morgan fingerprint density at radius 3 is 2.50 bits per heavy atom. The number of methoxy groups -OCH3 is 1. The first-order valence-electron chi connectivity index (χ1n) is 8.27. The second-order valence-electron chi connectivity index (χ2n) is 5.89. The molecule has 1 fully saturated rings. The fourth-order valence-corrected chi connectivity index (χ4v) is 3.07. The minimum atomic E-state index is 0.302. The second-order valence-corrected chi connectivity index (χ2v) is 5.89. The summed E-state index contributed by atoms with van der Waals surface area (Å²) in [5.74, 6) is 0. The Bertz CT molecular complexity index is 245. The summed E-state index contributed by atoms with van der Waals surface area (Å²) in [5, 5.41) is 3.81. The topological polar surface area (TPSA) is 33.7 Å². The summed E-state index contributed by atoms with van der Waals surface area (Å²) in [6.07, 6.45) is 4.92. The molecule has 0 amide bonds. The van der Waals surface area contributed by atoms with Gasteiger partial charge in [-0.2, -0.15) is 0 Å². The summed E-state index contributed by atoms with van der Waals surface area (Å²) in [4.78, 5) is 2.64. The van der Waals surface area contributed by atoms with Gasteiger partial charge in [0.05, 0.1) is 19.8 Å². The molecular formula is C16H34N2O2. The van der Waals surface area contributed by atoms with Crippen LogP contribution in [0.25, 0.3) is 0 Å². The SMILES string of the molecule is CCCC1CNC(CC)(CC)CN1CCOCCOC. The number of nitrogens with zero attached hydrogens (tertiary/aromatic N) is 1. The predicted octanol–water partition coefficient (Wildman–Crippen LogP) is 2.28. The lowest BCUT2D eigenvalue weighted by Crippen LogP contribution is -2.64. The van der Waals surface area contributed by atoms with Gasteiger partial charge in [0.25, 0.3) is 0 Å². The third-order valence-corrected chi connectivity index (χ3v) is 4.66. The van der Waals surface area contributed by atoms with E-state index < -0.39 is 0 Å². The summed E-state index contributed by atoms with van der Waals surface area (Å²) >= 11 is 0. The average Bonchev–Trinajstić information content (AvgIpc) is 2.49. The van der Waals surface area contributed by atoms with Gasteiger partial charge in [0, 0.05) is 38.3 Å². The maximum absolute atomic E-state index is 5.65. The average molecular weight is 286 g/mol. The number of piperazine rings is 1. The highest BCUT2D eigenvalue weighted by atomic mass is 16.5. The predicted molar refractivity (Wildman–Crippen MR) is 84.3 cm³/mol. The molecule has 1 atom stereocenters. The largest absolute Gasteiger partial charge is 0.382 e. The van der Waals surface area contributed by atoms with E-state index in [9.17, 15) is 0 Å². The van der Waals surface area contributed by atoms with Crippen LogP contribution in [-0.4, -0.2) is 63.0 Å². The number of ether oxygens (including phenoxy) is 2. The zero-order valence-corrected chi connectivity index (χ0v) is 13.9. The van der Waals surface area contributed by atoms with Crippen molar-refractivity contribution in [2.24, 2.45) is 0 Å². The Morgan fingerprint density at radius 1 is 1.15 bits per heavy atom. The molecule has 0 saturated carbocycles. The maximum Gasteiger partial charge on any atom is 0.0700 e. The molecule has 0 radical (unpaired) electrons. The van der Waals surface area contributed by atoms with Crippen LogP contribution in [-0.2, 0) is 9.47 Å². The van der Waals surface area contributed by atoms with E-state index in [1.165, 1.54) is 25.7 Å². The summed E-state index contributed by atoms with van der Waals surface area (Å²) in [7, 11) is 1.72. The zero-order valence-electron chi connectivity index (χ0n) is 13.9. The van der Waals surface area contributed by atoms with Gasteiger partial charge in [-0.1, -0.05) is 27.2 Å². The molecule has 1 aliphatic heterocycles. The number of nitrogens with one attached hydrogen (secondary N) is 1. The normalized spacial score (nSPS) is 23.1. The highest BCUT2D eigenvalue weighted by Gasteiger charge is 2.35. The standard InChI is InChI=1S/C16H34N2O2/c1-5-8-15-13-17-16(6-2,7-3)14-18(15)9-10-20-12-11-19-4/h15,17H,5-14H2,1-4H3. The van der Waals surface area contributed by atoms with E-state index >= 15 is 0 Å². The molecule has 1 heterocycles. The van der Waals surface area contributed by atoms with E-state index in [1.807, 2.05) is 0 Å². The summed E-state index contributed by atoms with van der Waals surface area (Å²) in [6, 6.07) is 0.664. The fraction of sp³-hybridized carbons (Fsp3) is 1.00. The van der Waals surface area contributed by atoms with Crippen LogP contribution in [0, 0.1) is 0 Å². The first-order valence-corrected chi connectivity index (χ1v) is 8.27. The second kappa shape index (κ2) is 9.72. The fourth-order valence-electron chi connectivity index (χ4n) is 3.07.